The number of hydrogen-bond donors (Lipinski definition) is 2. The highest BCUT2D eigenvalue weighted by molar-refractivity contribution is 5.92. The highest BCUT2D eigenvalue weighted by Crippen LogP contribution is 2.15. The van der Waals surface area contributed by atoms with E-state index in [1.165, 1.54) is 6.42 Å². The molecule has 0 saturated carbocycles. The third-order valence-corrected chi connectivity index (χ3v) is 3.76. The van der Waals surface area contributed by atoms with Gasteiger partial charge in [-0.2, -0.15) is 5.26 Å². The summed E-state index contributed by atoms with van der Waals surface area (Å²) in [6.45, 7) is 3.40. The summed E-state index contributed by atoms with van der Waals surface area (Å²) in [6.07, 6.45) is 2.38. The van der Waals surface area contributed by atoms with Crippen LogP contribution < -0.4 is 10.6 Å². The van der Waals surface area contributed by atoms with Crippen LogP contribution in [0.5, 0.6) is 0 Å². The lowest BCUT2D eigenvalue weighted by atomic mass is 9.98. The van der Waals surface area contributed by atoms with E-state index in [2.05, 4.69) is 21.6 Å². The summed E-state index contributed by atoms with van der Waals surface area (Å²) >= 11 is 0. The number of hydrogen-bond acceptors (Lipinski definition) is 4. The molecule has 5 nitrogen and oxygen atoms in total. The van der Waals surface area contributed by atoms with Crippen molar-refractivity contribution in [2.45, 2.75) is 12.8 Å². The summed E-state index contributed by atoms with van der Waals surface area (Å²) in [5.41, 5.74) is 1.33. The third-order valence-electron chi connectivity index (χ3n) is 3.76. The van der Waals surface area contributed by atoms with Crippen LogP contribution in [0, 0.1) is 17.2 Å². The molecule has 21 heavy (non-hydrogen) atoms. The minimum Gasteiger partial charge on any atom is -0.325 e. The lowest BCUT2D eigenvalue weighted by molar-refractivity contribution is -0.117. The molecule has 1 aliphatic rings. The Morgan fingerprint density at radius 1 is 1.43 bits per heavy atom. The molecule has 1 amide bonds. The highest BCUT2D eigenvalue weighted by atomic mass is 16.2. The molecule has 5 heteroatoms. The topological polar surface area (TPSA) is 68.2 Å². The molecule has 0 aliphatic carbocycles. The van der Waals surface area contributed by atoms with Gasteiger partial charge in [0.05, 0.1) is 18.2 Å². The van der Waals surface area contributed by atoms with E-state index in [0.29, 0.717) is 18.0 Å². The van der Waals surface area contributed by atoms with Gasteiger partial charge < -0.3 is 10.6 Å². The van der Waals surface area contributed by atoms with Crippen LogP contribution >= 0.6 is 0 Å². The molecule has 1 saturated heterocycles. The van der Waals surface area contributed by atoms with Gasteiger partial charge in [-0.3, -0.25) is 9.69 Å². The molecule has 1 aromatic rings. The Morgan fingerprint density at radius 3 is 2.86 bits per heavy atom. The number of likely N-dealkylation sites (tertiary alicyclic amines) is 1. The molecular weight excluding hydrogens is 264 g/mol. The number of amides is 1. The predicted octanol–water partition coefficient (Wildman–Crippen LogP) is 1.43. The first-order chi connectivity index (χ1) is 10.2. The number of carbonyl (C=O) groups is 1. The number of piperidine rings is 1. The number of benzene rings is 1. The van der Waals surface area contributed by atoms with Gasteiger partial charge in [0, 0.05) is 12.2 Å². The van der Waals surface area contributed by atoms with Crippen molar-refractivity contribution in [2.24, 2.45) is 5.92 Å². The standard InChI is InChI=1S/C16H22N4O/c1-18-10-14-3-2-8-20(11-14)12-16(21)19-15-6-4-13(9-17)5-7-15/h4-7,14,18H,2-3,8,10-12H2,1H3,(H,19,21). The molecule has 0 spiro atoms. The maximum atomic E-state index is 12.1. The van der Waals surface area contributed by atoms with Crippen LogP contribution in [0.15, 0.2) is 24.3 Å². The average molecular weight is 286 g/mol. The largest absolute Gasteiger partial charge is 0.325 e. The molecule has 112 valence electrons. The van der Waals surface area contributed by atoms with E-state index in [-0.39, 0.29) is 5.91 Å². The van der Waals surface area contributed by atoms with Crippen molar-refractivity contribution in [3.05, 3.63) is 29.8 Å². The lowest BCUT2D eigenvalue weighted by Gasteiger charge is -2.32. The molecule has 1 aliphatic heterocycles. The number of nitriles is 1. The first kappa shape index (κ1) is 15.5. The quantitative estimate of drug-likeness (QED) is 0.859. The van der Waals surface area contributed by atoms with Gasteiger partial charge in [-0.05, 0) is 63.2 Å². The molecule has 1 atom stereocenters. The minimum atomic E-state index is 0.00446. The predicted molar refractivity (Wildman–Crippen MR) is 82.9 cm³/mol. The molecule has 2 N–H and O–H groups in total. The second-order valence-electron chi connectivity index (χ2n) is 5.54. The SMILES string of the molecule is CNCC1CCCN(CC(=O)Nc2ccc(C#N)cc2)C1. The van der Waals surface area contributed by atoms with Crippen LogP contribution in [0.4, 0.5) is 5.69 Å². The summed E-state index contributed by atoms with van der Waals surface area (Å²) in [4.78, 5) is 14.3. The van der Waals surface area contributed by atoms with Crippen LogP contribution in [0.25, 0.3) is 0 Å². The van der Waals surface area contributed by atoms with E-state index < -0.39 is 0 Å². The lowest BCUT2D eigenvalue weighted by Crippen LogP contribution is -2.42. The molecule has 0 bridgehead atoms. The van der Waals surface area contributed by atoms with E-state index in [0.717, 1.165) is 31.7 Å². The van der Waals surface area contributed by atoms with Gasteiger partial charge in [-0.25, -0.2) is 0 Å². The molecule has 2 rings (SSSR count). The monoisotopic (exact) mass is 286 g/mol. The Kier molecular flexibility index (Phi) is 5.73. The molecule has 1 heterocycles. The summed E-state index contributed by atoms with van der Waals surface area (Å²) < 4.78 is 0. The normalized spacial score (nSPS) is 19.0. The maximum Gasteiger partial charge on any atom is 0.238 e. The summed E-state index contributed by atoms with van der Waals surface area (Å²) in [7, 11) is 1.97. The van der Waals surface area contributed by atoms with Crippen LogP contribution in [-0.2, 0) is 4.79 Å². The van der Waals surface area contributed by atoms with E-state index in [4.69, 9.17) is 5.26 Å². The van der Waals surface area contributed by atoms with Gasteiger partial charge in [0.15, 0.2) is 0 Å². The fourth-order valence-corrected chi connectivity index (χ4v) is 2.78. The summed E-state index contributed by atoms with van der Waals surface area (Å²) in [5, 5.41) is 14.8. The maximum absolute atomic E-state index is 12.1. The first-order valence-corrected chi connectivity index (χ1v) is 7.38. The number of rotatable bonds is 5. The minimum absolute atomic E-state index is 0.00446. The zero-order valence-electron chi connectivity index (χ0n) is 12.4. The fourth-order valence-electron chi connectivity index (χ4n) is 2.78. The molecule has 0 aromatic heterocycles. The first-order valence-electron chi connectivity index (χ1n) is 7.38. The van der Waals surface area contributed by atoms with Gasteiger partial charge in [-0.1, -0.05) is 0 Å². The van der Waals surface area contributed by atoms with E-state index in [1.54, 1.807) is 24.3 Å². The second-order valence-corrected chi connectivity index (χ2v) is 5.54. The summed E-state index contributed by atoms with van der Waals surface area (Å²) in [5.74, 6) is 0.635. The second kappa shape index (κ2) is 7.77. The Bertz CT molecular complexity index is 504. The highest BCUT2D eigenvalue weighted by Gasteiger charge is 2.20. The number of nitrogens with one attached hydrogen (secondary N) is 2. The van der Waals surface area contributed by atoms with Crippen LogP contribution in [0.3, 0.4) is 0 Å². The van der Waals surface area contributed by atoms with Crippen LogP contribution in [0.1, 0.15) is 18.4 Å². The summed E-state index contributed by atoms with van der Waals surface area (Å²) in [6, 6.07) is 9.00. The Balaban J connectivity index is 1.82. The van der Waals surface area contributed by atoms with Gasteiger partial charge in [0.2, 0.25) is 5.91 Å². The molecule has 1 aromatic carbocycles. The van der Waals surface area contributed by atoms with Crippen molar-refractivity contribution >= 4 is 11.6 Å². The molecular formula is C16H22N4O. The zero-order valence-corrected chi connectivity index (χ0v) is 12.4. The zero-order chi connectivity index (χ0) is 15.1. The van der Waals surface area contributed by atoms with Gasteiger partial charge in [0.25, 0.3) is 0 Å². The van der Waals surface area contributed by atoms with E-state index >= 15 is 0 Å². The van der Waals surface area contributed by atoms with Gasteiger partial charge in [-0.15, -0.1) is 0 Å². The van der Waals surface area contributed by atoms with Crippen LogP contribution in [0.2, 0.25) is 0 Å². The smallest absolute Gasteiger partial charge is 0.238 e. The van der Waals surface area contributed by atoms with Crippen molar-refractivity contribution in [1.82, 2.24) is 10.2 Å². The molecule has 1 unspecified atom stereocenters. The molecule has 0 radical (unpaired) electrons. The van der Waals surface area contributed by atoms with Crippen molar-refractivity contribution in [3.63, 3.8) is 0 Å². The number of anilines is 1. The van der Waals surface area contributed by atoms with Gasteiger partial charge in [0.1, 0.15) is 0 Å². The Labute approximate surface area is 125 Å². The number of carbonyl (C=O) groups excluding carboxylic acids is 1. The van der Waals surface area contributed by atoms with Crippen LogP contribution in [-0.4, -0.2) is 44.0 Å². The third kappa shape index (κ3) is 4.85. The molecule has 1 fully saturated rings. The van der Waals surface area contributed by atoms with E-state index in [1.807, 2.05) is 7.05 Å². The number of nitrogens with zero attached hydrogens (tertiary/aromatic N) is 2. The van der Waals surface area contributed by atoms with Crippen molar-refractivity contribution in [2.75, 3.05) is 38.5 Å². The fraction of sp³-hybridized carbons (Fsp3) is 0.500. The Hall–Kier alpha value is -1.90. The Morgan fingerprint density at radius 2 is 2.19 bits per heavy atom. The van der Waals surface area contributed by atoms with Crippen molar-refractivity contribution < 1.29 is 4.79 Å². The van der Waals surface area contributed by atoms with Crippen molar-refractivity contribution in [1.29, 1.82) is 5.26 Å². The van der Waals surface area contributed by atoms with E-state index in [9.17, 15) is 4.79 Å². The van der Waals surface area contributed by atoms with Crippen molar-refractivity contribution in [3.8, 4) is 6.07 Å². The average Bonchev–Trinajstić information content (AvgIpc) is 2.48. The van der Waals surface area contributed by atoms with Gasteiger partial charge >= 0.3 is 0 Å².